The molecule has 1 atom stereocenters. The topological polar surface area (TPSA) is 101 Å². The van der Waals surface area contributed by atoms with Gasteiger partial charge in [0.1, 0.15) is 6.04 Å². The van der Waals surface area contributed by atoms with Gasteiger partial charge in [-0.25, -0.2) is 9.48 Å². The van der Waals surface area contributed by atoms with Crippen molar-refractivity contribution in [2.24, 2.45) is 5.92 Å². The highest BCUT2D eigenvalue weighted by molar-refractivity contribution is 6.05. The van der Waals surface area contributed by atoms with Crippen molar-refractivity contribution in [1.82, 2.24) is 15.1 Å². The molecule has 1 aromatic carbocycles. The molecule has 1 aromatic heterocycles. The van der Waals surface area contributed by atoms with Crippen molar-refractivity contribution in [2.45, 2.75) is 59.0 Å². The van der Waals surface area contributed by atoms with E-state index >= 15 is 0 Å². The molecule has 0 aliphatic carbocycles. The number of carboxylic acids is 1. The zero-order chi connectivity index (χ0) is 20.0. The van der Waals surface area contributed by atoms with Gasteiger partial charge in [-0.2, -0.15) is 5.10 Å². The van der Waals surface area contributed by atoms with Crippen molar-refractivity contribution in [2.75, 3.05) is 0 Å². The molecule has 0 aliphatic rings. The largest absolute Gasteiger partial charge is 0.480 e. The van der Waals surface area contributed by atoms with E-state index in [2.05, 4.69) is 17.3 Å². The summed E-state index contributed by atoms with van der Waals surface area (Å²) in [7, 11) is 0. The van der Waals surface area contributed by atoms with Crippen molar-refractivity contribution in [3.8, 4) is 0 Å². The molecular weight excluding hydrogens is 346 g/mol. The summed E-state index contributed by atoms with van der Waals surface area (Å²) < 4.78 is 1.31. The molecule has 0 radical (unpaired) electrons. The molecule has 1 amide bonds. The Morgan fingerprint density at radius 2 is 1.85 bits per heavy atom. The van der Waals surface area contributed by atoms with Crippen LogP contribution < -0.4 is 10.9 Å². The Morgan fingerprint density at radius 1 is 1.19 bits per heavy atom. The van der Waals surface area contributed by atoms with Crippen LogP contribution in [0.15, 0.2) is 29.1 Å². The first-order chi connectivity index (χ1) is 12.8. The number of aromatic nitrogens is 2. The number of hydrogen-bond donors (Lipinski definition) is 2. The number of unbranched alkanes of at least 4 members (excludes halogenated alkanes) is 2. The van der Waals surface area contributed by atoms with E-state index in [0.717, 1.165) is 19.3 Å². The number of nitrogens with zero attached hydrogens (tertiary/aromatic N) is 2. The Balaban J connectivity index is 2.43. The van der Waals surface area contributed by atoms with Crippen LogP contribution in [0, 0.1) is 5.92 Å². The quantitative estimate of drug-likeness (QED) is 0.658. The molecule has 146 valence electrons. The molecular formula is C20H27N3O4. The Morgan fingerprint density at radius 3 is 2.44 bits per heavy atom. The molecule has 2 rings (SSSR count). The predicted molar refractivity (Wildman–Crippen MR) is 104 cm³/mol. The van der Waals surface area contributed by atoms with Gasteiger partial charge in [-0.3, -0.25) is 9.59 Å². The summed E-state index contributed by atoms with van der Waals surface area (Å²) in [6.07, 6.45) is 3.06. The number of carbonyl (C=O) groups excluding carboxylic acids is 1. The maximum Gasteiger partial charge on any atom is 0.326 e. The molecule has 0 saturated heterocycles. The fraction of sp³-hybridized carbons (Fsp3) is 0.500. The minimum absolute atomic E-state index is 0.0803. The van der Waals surface area contributed by atoms with Gasteiger partial charge in [0, 0.05) is 11.9 Å². The number of aryl methyl sites for hydroxylation is 1. The Hall–Kier alpha value is -2.70. The van der Waals surface area contributed by atoms with E-state index in [0.29, 0.717) is 23.7 Å². The van der Waals surface area contributed by atoms with E-state index in [-0.39, 0.29) is 17.2 Å². The van der Waals surface area contributed by atoms with Gasteiger partial charge in [0.05, 0.1) is 5.39 Å². The standard InChI is InChI=1S/C20H27N3O4/c1-4-5-8-11-23-19(25)15-10-7-6-9-14(15)17(22-23)18(24)21-16(20(26)27)12-13(2)3/h6-7,9-10,13,16H,4-5,8,11-12H2,1-3H3,(H,21,24)(H,26,27). The molecule has 2 aromatic rings. The van der Waals surface area contributed by atoms with Crippen molar-refractivity contribution < 1.29 is 14.7 Å². The smallest absolute Gasteiger partial charge is 0.326 e. The van der Waals surface area contributed by atoms with Crippen LogP contribution in [0.25, 0.3) is 10.8 Å². The molecule has 0 saturated carbocycles. The average Bonchev–Trinajstić information content (AvgIpc) is 2.62. The first-order valence-corrected chi connectivity index (χ1v) is 9.38. The third kappa shape index (κ3) is 5.15. The lowest BCUT2D eigenvalue weighted by Gasteiger charge is -2.17. The van der Waals surface area contributed by atoms with E-state index in [1.165, 1.54) is 4.68 Å². The number of aliphatic carboxylic acids is 1. The van der Waals surface area contributed by atoms with Crippen LogP contribution in [0.2, 0.25) is 0 Å². The number of carboxylic acid groups (broad SMARTS) is 1. The number of hydrogen-bond acceptors (Lipinski definition) is 4. The number of nitrogens with one attached hydrogen (secondary N) is 1. The second-order valence-electron chi connectivity index (χ2n) is 7.12. The van der Waals surface area contributed by atoms with Crippen LogP contribution in [0.1, 0.15) is 56.9 Å². The van der Waals surface area contributed by atoms with E-state index in [9.17, 15) is 19.5 Å². The Kier molecular flexibility index (Phi) is 7.10. The summed E-state index contributed by atoms with van der Waals surface area (Å²) >= 11 is 0. The number of rotatable bonds is 9. The van der Waals surface area contributed by atoms with E-state index < -0.39 is 17.9 Å². The molecule has 1 heterocycles. The molecule has 2 N–H and O–H groups in total. The lowest BCUT2D eigenvalue weighted by atomic mass is 10.0. The lowest BCUT2D eigenvalue weighted by Crippen LogP contribution is -2.42. The maximum atomic E-state index is 12.8. The highest BCUT2D eigenvalue weighted by Crippen LogP contribution is 2.14. The minimum atomic E-state index is -1.09. The normalized spacial score (nSPS) is 12.3. The summed E-state index contributed by atoms with van der Waals surface area (Å²) in [4.78, 5) is 36.9. The molecule has 7 nitrogen and oxygen atoms in total. The van der Waals surface area contributed by atoms with Gasteiger partial charge in [-0.15, -0.1) is 0 Å². The first kappa shape index (κ1) is 20.6. The second kappa shape index (κ2) is 9.30. The van der Waals surface area contributed by atoms with Gasteiger partial charge in [0.25, 0.3) is 11.5 Å². The van der Waals surface area contributed by atoms with Crippen molar-refractivity contribution in [1.29, 1.82) is 0 Å². The zero-order valence-corrected chi connectivity index (χ0v) is 16.1. The van der Waals surface area contributed by atoms with Crippen LogP contribution >= 0.6 is 0 Å². The molecule has 0 fully saturated rings. The first-order valence-electron chi connectivity index (χ1n) is 9.38. The fourth-order valence-corrected chi connectivity index (χ4v) is 2.99. The molecule has 0 spiro atoms. The van der Waals surface area contributed by atoms with E-state index in [4.69, 9.17) is 0 Å². The van der Waals surface area contributed by atoms with Crippen molar-refractivity contribution >= 4 is 22.6 Å². The molecule has 27 heavy (non-hydrogen) atoms. The average molecular weight is 373 g/mol. The van der Waals surface area contributed by atoms with E-state index in [1.54, 1.807) is 24.3 Å². The van der Waals surface area contributed by atoms with E-state index in [1.807, 2.05) is 13.8 Å². The summed E-state index contributed by atoms with van der Waals surface area (Å²) in [6, 6.07) is 5.78. The molecule has 1 unspecified atom stereocenters. The van der Waals surface area contributed by atoms with Crippen LogP contribution in [-0.4, -0.2) is 32.8 Å². The zero-order valence-electron chi connectivity index (χ0n) is 16.1. The van der Waals surface area contributed by atoms with Gasteiger partial charge in [-0.1, -0.05) is 51.8 Å². The summed E-state index contributed by atoms with van der Waals surface area (Å²) in [5.41, 5.74) is -0.160. The van der Waals surface area contributed by atoms with Gasteiger partial charge >= 0.3 is 5.97 Å². The number of fused-ring (bicyclic) bond motifs is 1. The van der Waals surface area contributed by atoms with Gasteiger partial charge in [-0.05, 0) is 24.8 Å². The number of amides is 1. The van der Waals surface area contributed by atoms with Gasteiger partial charge in [0.2, 0.25) is 0 Å². The molecule has 0 aliphatic heterocycles. The SMILES string of the molecule is CCCCCn1nc(C(=O)NC(CC(C)C)C(=O)O)c2ccccc2c1=O. The van der Waals surface area contributed by atoms with Crippen LogP contribution in [0.3, 0.4) is 0 Å². The third-order valence-corrected chi connectivity index (χ3v) is 4.37. The minimum Gasteiger partial charge on any atom is -0.480 e. The predicted octanol–water partition coefficient (Wildman–Crippen LogP) is 2.82. The van der Waals surface area contributed by atoms with Crippen molar-refractivity contribution in [3.63, 3.8) is 0 Å². The molecule has 0 bridgehead atoms. The highest BCUT2D eigenvalue weighted by atomic mass is 16.4. The van der Waals surface area contributed by atoms with Gasteiger partial charge in [0.15, 0.2) is 5.69 Å². The monoisotopic (exact) mass is 373 g/mol. The third-order valence-electron chi connectivity index (χ3n) is 4.37. The Labute approximate surface area is 158 Å². The summed E-state index contributed by atoms with van der Waals surface area (Å²) in [6.45, 7) is 6.27. The summed E-state index contributed by atoms with van der Waals surface area (Å²) in [5, 5.41) is 17.0. The fourth-order valence-electron chi connectivity index (χ4n) is 2.99. The number of carbonyl (C=O) groups is 2. The maximum absolute atomic E-state index is 12.8. The Bertz CT molecular complexity index is 873. The van der Waals surface area contributed by atoms with Crippen molar-refractivity contribution in [3.05, 3.63) is 40.3 Å². The summed E-state index contributed by atoms with van der Waals surface area (Å²) in [5.74, 6) is -1.56. The van der Waals surface area contributed by atoms with Crippen LogP contribution in [0.4, 0.5) is 0 Å². The van der Waals surface area contributed by atoms with Crippen LogP contribution in [0.5, 0.6) is 0 Å². The highest BCUT2D eigenvalue weighted by Gasteiger charge is 2.24. The number of benzene rings is 1. The van der Waals surface area contributed by atoms with Gasteiger partial charge < -0.3 is 10.4 Å². The molecule has 7 heteroatoms. The second-order valence-corrected chi connectivity index (χ2v) is 7.12. The van der Waals surface area contributed by atoms with Crippen LogP contribution in [-0.2, 0) is 11.3 Å². The lowest BCUT2D eigenvalue weighted by molar-refractivity contribution is -0.139.